The smallest absolute Gasteiger partial charge is 0.339 e. The summed E-state index contributed by atoms with van der Waals surface area (Å²) in [5.74, 6) is -1.14. The van der Waals surface area contributed by atoms with Gasteiger partial charge in [0.25, 0.3) is 0 Å². The summed E-state index contributed by atoms with van der Waals surface area (Å²) in [6.07, 6.45) is -0.560. The molecule has 0 bridgehead atoms. The molecule has 3 rings (SSSR count). The van der Waals surface area contributed by atoms with Gasteiger partial charge in [0.15, 0.2) is 12.8 Å². The highest BCUT2D eigenvalue weighted by atomic mass is 16.6. The van der Waals surface area contributed by atoms with Gasteiger partial charge in [0, 0.05) is 0 Å². The van der Waals surface area contributed by atoms with Crippen LogP contribution in [-0.2, 0) is 9.47 Å². The van der Waals surface area contributed by atoms with Crippen molar-refractivity contribution in [3.63, 3.8) is 0 Å². The molecule has 122 valence electrons. The molecule has 6 heteroatoms. The van der Waals surface area contributed by atoms with Gasteiger partial charge >= 0.3 is 11.9 Å². The summed E-state index contributed by atoms with van der Waals surface area (Å²) in [5, 5.41) is 11.6. The molecule has 0 aliphatic carbocycles. The van der Waals surface area contributed by atoms with Crippen molar-refractivity contribution in [2.45, 2.75) is 12.2 Å². The number of esters is 2. The Morgan fingerprint density at radius 1 is 0.875 bits per heavy atom. The van der Waals surface area contributed by atoms with Gasteiger partial charge in [-0.05, 0) is 24.3 Å². The van der Waals surface area contributed by atoms with Gasteiger partial charge in [-0.3, -0.25) is 0 Å². The average Bonchev–Trinajstić information content (AvgIpc) is 2.95. The van der Waals surface area contributed by atoms with Gasteiger partial charge in [-0.1, -0.05) is 36.4 Å². The highest BCUT2D eigenvalue weighted by Crippen LogP contribution is 2.14. The molecule has 2 atom stereocenters. The molecule has 2 aromatic carbocycles. The maximum Gasteiger partial charge on any atom is 0.339 e. The van der Waals surface area contributed by atoms with Crippen LogP contribution in [0.2, 0.25) is 0 Å². The Morgan fingerprint density at radius 2 is 1.38 bits per heavy atom. The van der Waals surface area contributed by atoms with Crippen molar-refractivity contribution < 1.29 is 23.8 Å². The predicted molar refractivity (Wildman–Crippen MR) is 85.8 cm³/mol. The molecule has 1 heterocycles. The number of carbonyl (C=O) groups excluding carboxylic acids is 2. The number of benzene rings is 2. The normalized spacial score (nSPS) is 19.4. The van der Waals surface area contributed by atoms with Crippen LogP contribution in [0.25, 0.3) is 0 Å². The second-order valence-corrected chi connectivity index (χ2v) is 5.29. The minimum Gasteiger partial charge on any atom is -0.624 e. The molecule has 6 nitrogen and oxygen atoms in total. The highest BCUT2D eigenvalue weighted by molar-refractivity contribution is 5.91. The van der Waals surface area contributed by atoms with Crippen molar-refractivity contribution in [3.05, 3.63) is 77.0 Å². The Kier molecular flexibility index (Phi) is 4.56. The molecule has 0 unspecified atom stereocenters. The summed E-state index contributed by atoms with van der Waals surface area (Å²) in [6, 6.07) is 16.8. The van der Waals surface area contributed by atoms with E-state index in [-0.39, 0.29) is 6.54 Å². The maximum absolute atomic E-state index is 12.1. The first-order chi connectivity index (χ1) is 11.6. The second-order valence-electron chi connectivity index (χ2n) is 5.29. The third kappa shape index (κ3) is 3.60. The van der Waals surface area contributed by atoms with E-state index in [1.54, 1.807) is 60.7 Å². The molecule has 0 aromatic heterocycles. The molecule has 1 aliphatic heterocycles. The van der Waals surface area contributed by atoms with Gasteiger partial charge in [0.2, 0.25) is 12.2 Å². The quantitative estimate of drug-likeness (QED) is 0.488. The fraction of sp³-hybridized carbons (Fsp3) is 0.167. The lowest BCUT2D eigenvalue weighted by molar-refractivity contribution is -0.451. The summed E-state index contributed by atoms with van der Waals surface area (Å²) >= 11 is 0. The molecule has 0 spiro atoms. The van der Waals surface area contributed by atoms with E-state index in [1.807, 2.05) is 0 Å². The first-order valence-electron chi connectivity index (χ1n) is 7.44. The summed E-state index contributed by atoms with van der Waals surface area (Å²) in [7, 11) is 0. The summed E-state index contributed by atoms with van der Waals surface area (Å²) in [6.45, 7) is -0.0781. The fourth-order valence-electron chi connectivity index (χ4n) is 2.36. The molecular weight excluding hydrogens is 310 g/mol. The van der Waals surface area contributed by atoms with Crippen LogP contribution in [0.1, 0.15) is 20.7 Å². The number of hydrogen-bond acceptors (Lipinski definition) is 5. The number of hydrogen-bond donors (Lipinski definition) is 0. The van der Waals surface area contributed by atoms with Crippen LogP contribution in [0, 0.1) is 5.21 Å². The molecule has 0 saturated carbocycles. The van der Waals surface area contributed by atoms with Gasteiger partial charge in [0.1, 0.15) is 0 Å². The summed E-state index contributed by atoms with van der Waals surface area (Å²) < 4.78 is 11.2. The van der Waals surface area contributed by atoms with Gasteiger partial charge < -0.3 is 14.7 Å². The Balaban J connectivity index is 1.67. The molecule has 0 amide bonds. The van der Waals surface area contributed by atoms with Crippen LogP contribution in [0.5, 0.6) is 0 Å². The molecule has 0 N–H and O–H groups in total. The van der Waals surface area contributed by atoms with E-state index in [2.05, 4.69) is 0 Å². The molecular formula is C18H15NO5. The number of ether oxygens (including phenoxy) is 2. The standard InChI is InChI=1S/C18H15NO5/c20-17(13-7-3-1-4-8-13)23-15-11-19(22)12-16(15)24-18(21)14-9-5-2-6-10-14/h1-11,15-16H,12H2/t15-,16-/m0/s1. The number of hydroxylamine groups is 1. The minimum absolute atomic E-state index is 0.0781. The van der Waals surface area contributed by atoms with Gasteiger partial charge in [-0.15, -0.1) is 0 Å². The molecule has 2 aromatic rings. The van der Waals surface area contributed by atoms with Gasteiger partial charge in [-0.2, -0.15) is 0 Å². The number of carbonyl (C=O) groups is 2. The van der Waals surface area contributed by atoms with Crippen molar-refractivity contribution in [1.82, 2.24) is 0 Å². The molecule has 24 heavy (non-hydrogen) atoms. The third-order valence-electron chi connectivity index (χ3n) is 3.56. The molecule has 0 fully saturated rings. The number of rotatable bonds is 4. The van der Waals surface area contributed by atoms with E-state index in [4.69, 9.17) is 9.47 Å². The minimum atomic E-state index is -0.914. The van der Waals surface area contributed by atoms with E-state index in [1.165, 1.54) is 6.21 Å². The lowest BCUT2D eigenvalue weighted by Gasteiger charge is -2.16. The molecule has 1 aliphatic rings. The first kappa shape index (κ1) is 15.7. The lowest BCUT2D eigenvalue weighted by Crippen LogP contribution is -2.34. The van der Waals surface area contributed by atoms with Crippen LogP contribution in [0.4, 0.5) is 0 Å². The fourth-order valence-corrected chi connectivity index (χ4v) is 2.36. The zero-order valence-corrected chi connectivity index (χ0v) is 12.7. The van der Waals surface area contributed by atoms with E-state index in [0.717, 1.165) is 0 Å². The van der Waals surface area contributed by atoms with Crippen LogP contribution >= 0.6 is 0 Å². The van der Waals surface area contributed by atoms with Crippen molar-refractivity contribution in [2.75, 3.05) is 6.54 Å². The van der Waals surface area contributed by atoms with E-state index in [0.29, 0.717) is 15.9 Å². The maximum atomic E-state index is 12.1. The molecule has 0 saturated heterocycles. The highest BCUT2D eigenvalue weighted by Gasteiger charge is 2.38. The zero-order chi connectivity index (χ0) is 16.9. The van der Waals surface area contributed by atoms with Crippen LogP contribution in [-0.4, -0.2) is 41.6 Å². The Hall–Kier alpha value is -3.15. The molecule has 0 radical (unpaired) electrons. The van der Waals surface area contributed by atoms with E-state index in [9.17, 15) is 14.8 Å². The largest absolute Gasteiger partial charge is 0.624 e. The summed E-state index contributed by atoms with van der Waals surface area (Å²) in [5.41, 5.74) is 0.735. The van der Waals surface area contributed by atoms with E-state index >= 15 is 0 Å². The van der Waals surface area contributed by atoms with Crippen LogP contribution in [0.3, 0.4) is 0 Å². The van der Waals surface area contributed by atoms with Crippen molar-refractivity contribution in [3.8, 4) is 0 Å². The Labute approximate surface area is 138 Å². The zero-order valence-electron chi connectivity index (χ0n) is 12.7. The third-order valence-corrected chi connectivity index (χ3v) is 3.56. The lowest BCUT2D eigenvalue weighted by atomic mass is 10.2. The second kappa shape index (κ2) is 6.95. The number of nitrogens with zero attached hydrogens (tertiary/aromatic N) is 1. The van der Waals surface area contributed by atoms with Gasteiger partial charge in [0.05, 0.1) is 11.1 Å². The van der Waals surface area contributed by atoms with Crippen molar-refractivity contribution >= 4 is 18.2 Å². The van der Waals surface area contributed by atoms with Crippen molar-refractivity contribution in [2.24, 2.45) is 0 Å². The SMILES string of the molecule is O=C(O[C@H]1C=[N+]([O-])C[C@@H]1OC(=O)c1ccccc1)c1ccccc1. The average molecular weight is 325 g/mol. The van der Waals surface area contributed by atoms with Crippen LogP contribution in [0.15, 0.2) is 60.7 Å². The monoisotopic (exact) mass is 325 g/mol. The topological polar surface area (TPSA) is 78.7 Å². The van der Waals surface area contributed by atoms with E-state index < -0.39 is 24.1 Å². The Bertz CT molecular complexity index is 757. The Morgan fingerprint density at radius 3 is 1.92 bits per heavy atom. The van der Waals surface area contributed by atoms with Gasteiger partial charge in [-0.25, -0.2) is 14.3 Å². The van der Waals surface area contributed by atoms with Crippen molar-refractivity contribution in [1.29, 1.82) is 0 Å². The summed E-state index contributed by atoms with van der Waals surface area (Å²) in [4.78, 5) is 24.2. The predicted octanol–water partition coefficient (Wildman–Crippen LogP) is 2.03. The van der Waals surface area contributed by atoms with Crippen LogP contribution < -0.4 is 0 Å². The first-order valence-corrected chi connectivity index (χ1v) is 7.44.